The summed E-state index contributed by atoms with van der Waals surface area (Å²) in [6.45, 7) is 0. The Hall–Kier alpha value is -4.99. The maximum absolute atomic E-state index is 12.0. The number of nitrogens with zero attached hydrogens (tertiary/aromatic N) is 5. The highest BCUT2D eigenvalue weighted by atomic mass is 16.2. The lowest BCUT2D eigenvalue weighted by Crippen LogP contribution is -2.27. The van der Waals surface area contributed by atoms with Gasteiger partial charge in [0, 0.05) is 66.5 Å². The van der Waals surface area contributed by atoms with Gasteiger partial charge in [0.25, 0.3) is 0 Å². The maximum atomic E-state index is 12.0. The van der Waals surface area contributed by atoms with Crippen LogP contribution in [0.3, 0.4) is 0 Å². The predicted octanol–water partition coefficient (Wildman–Crippen LogP) is 4.71. The molecule has 0 radical (unpaired) electrons. The minimum Gasteiger partial charge on any atom is -0.359 e. The van der Waals surface area contributed by atoms with Crippen molar-refractivity contribution in [2.24, 2.45) is 0 Å². The zero-order valence-corrected chi connectivity index (χ0v) is 19.6. The summed E-state index contributed by atoms with van der Waals surface area (Å²) >= 11 is 0. The molecule has 1 aliphatic rings. The molecule has 1 atom stereocenters. The number of aromatic amines is 1. The quantitative estimate of drug-likeness (QED) is 0.295. The van der Waals surface area contributed by atoms with E-state index in [1.807, 2.05) is 42.6 Å². The molecule has 10 heteroatoms. The molecule has 1 aromatic carbocycles. The molecule has 0 aliphatic carbocycles. The summed E-state index contributed by atoms with van der Waals surface area (Å²) in [4.78, 5) is 26.6. The van der Waals surface area contributed by atoms with Crippen LogP contribution in [-0.4, -0.2) is 50.2 Å². The van der Waals surface area contributed by atoms with Crippen molar-refractivity contribution in [1.29, 1.82) is 0 Å². The summed E-state index contributed by atoms with van der Waals surface area (Å²) in [6.07, 6.45) is 8.52. The Morgan fingerprint density at radius 1 is 0.944 bits per heavy atom. The zero-order chi connectivity index (χ0) is 24.6. The van der Waals surface area contributed by atoms with Crippen LogP contribution in [0.4, 0.5) is 21.9 Å². The van der Waals surface area contributed by atoms with Gasteiger partial charge in [-0.3, -0.25) is 15.1 Å². The van der Waals surface area contributed by atoms with E-state index in [0.717, 1.165) is 44.7 Å². The molecule has 5 heterocycles. The summed E-state index contributed by atoms with van der Waals surface area (Å²) < 4.78 is 0. The number of hydrogen-bond acceptors (Lipinski definition) is 7. The van der Waals surface area contributed by atoms with Crippen LogP contribution < -0.4 is 16.0 Å². The molecule has 0 spiro atoms. The Labute approximate surface area is 206 Å². The Morgan fingerprint density at radius 2 is 1.81 bits per heavy atom. The van der Waals surface area contributed by atoms with Crippen molar-refractivity contribution in [3.05, 3.63) is 79.1 Å². The van der Waals surface area contributed by atoms with Crippen LogP contribution in [0.5, 0.6) is 0 Å². The number of carbonyl (C=O) groups excluding carboxylic acids is 1. The Kier molecular flexibility index (Phi) is 5.18. The van der Waals surface area contributed by atoms with Gasteiger partial charge < -0.3 is 20.9 Å². The number of anilines is 3. The minimum atomic E-state index is -0.219. The number of amides is 2. The Morgan fingerprint density at radius 3 is 2.64 bits per heavy atom. The molecule has 36 heavy (non-hydrogen) atoms. The Balaban J connectivity index is 1.33. The van der Waals surface area contributed by atoms with Gasteiger partial charge in [0.05, 0.1) is 29.0 Å². The highest BCUT2D eigenvalue weighted by Crippen LogP contribution is 2.42. The lowest BCUT2D eigenvalue weighted by molar-refractivity contribution is 0.230. The molecule has 4 N–H and O–H groups in total. The summed E-state index contributed by atoms with van der Waals surface area (Å²) in [7, 11) is 3.38. The zero-order valence-electron chi connectivity index (χ0n) is 19.6. The average Bonchev–Trinajstić information content (AvgIpc) is 3.53. The highest BCUT2D eigenvalue weighted by molar-refractivity contribution is 5.92. The van der Waals surface area contributed by atoms with Crippen molar-refractivity contribution < 1.29 is 4.79 Å². The second-order valence-electron chi connectivity index (χ2n) is 8.71. The maximum Gasteiger partial charge on any atom is 0.321 e. The molecular weight excluding hydrogens is 454 g/mol. The summed E-state index contributed by atoms with van der Waals surface area (Å²) in [5.41, 5.74) is 7.92. The molecule has 10 nitrogen and oxygen atoms in total. The van der Waals surface area contributed by atoms with E-state index in [9.17, 15) is 4.79 Å². The van der Waals surface area contributed by atoms with E-state index in [2.05, 4.69) is 47.2 Å². The van der Waals surface area contributed by atoms with Gasteiger partial charge in [-0.05, 0) is 24.3 Å². The van der Waals surface area contributed by atoms with E-state index in [4.69, 9.17) is 0 Å². The lowest BCUT2D eigenvalue weighted by Gasteiger charge is -2.13. The summed E-state index contributed by atoms with van der Waals surface area (Å²) in [5.74, 6) is 0. The van der Waals surface area contributed by atoms with Gasteiger partial charge in [0.15, 0.2) is 5.65 Å². The second kappa shape index (κ2) is 8.66. The molecule has 0 saturated heterocycles. The number of benzene rings is 1. The smallest absolute Gasteiger partial charge is 0.321 e. The highest BCUT2D eigenvalue weighted by Gasteiger charge is 2.27. The van der Waals surface area contributed by atoms with Gasteiger partial charge in [0.2, 0.25) is 0 Å². The monoisotopic (exact) mass is 477 g/mol. The normalized spacial score (nSPS) is 14.1. The third-order valence-corrected chi connectivity index (χ3v) is 6.08. The number of rotatable bonds is 4. The van der Waals surface area contributed by atoms with E-state index in [-0.39, 0.29) is 12.2 Å². The molecule has 0 fully saturated rings. The van der Waals surface area contributed by atoms with E-state index in [0.29, 0.717) is 11.3 Å². The van der Waals surface area contributed by atoms with Crippen LogP contribution in [0.2, 0.25) is 0 Å². The first kappa shape index (κ1) is 21.5. The molecular formula is C26H23N9O. The fourth-order valence-corrected chi connectivity index (χ4v) is 4.27. The molecule has 178 valence electrons. The number of pyridine rings is 3. The van der Waals surface area contributed by atoms with Crippen molar-refractivity contribution in [3.63, 3.8) is 0 Å². The van der Waals surface area contributed by atoms with E-state index < -0.39 is 0 Å². The lowest BCUT2D eigenvalue weighted by atomic mass is 10.0. The number of nitrogens with one attached hydrogen (secondary N) is 4. The number of H-pyrrole nitrogens is 1. The molecule has 0 saturated carbocycles. The van der Waals surface area contributed by atoms with Crippen molar-refractivity contribution in [1.82, 2.24) is 30.0 Å². The third-order valence-electron chi connectivity index (χ3n) is 6.08. The predicted molar refractivity (Wildman–Crippen MR) is 139 cm³/mol. The number of para-hydroxylation sites is 1. The fraction of sp³-hybridized carbons (Fsp3) is 0.115. The van der Waals surface area contributed by atoms with Crippen molar-refractivity contribution in [2.45, 2.75) is 6.17 Å². The van der Waals surface area contributed by atoms with E-state index in [1.54, 1.807) is 38.9 Å². The van der Waals surface area contributed by atoms with Gasteiger partial charge in [-0.1, -0.05) is 18.2 Å². The number of fused-ring (bicyclic) bond motifs is 2. The topological polar surface area (TPSA) is 124 Å². The molecule has 4 aromatic heterocycles. The number of carbonyl (C=O) groups is 1. The van der Waals surface area contributed by atoms with Crippen LogP contribution in [-0.2, 0) is 0 Å². The minimum absolute atomic E-state index is 0.219. The SMILES string of the molecule is CN(C)C(=O)Nc1cncc(-c2cnc3n[nH]c(C4Nc5cccc(-c6cccnc6)c5N4)c3c2)c1. The first-order chi connectivity index (χ1) is 17.6. The van der Waals surface area contributed by atoms with Gasteiger partial charge in [0.1, 0.15) is 6.17 Å². The molecule has 2 amide bonds. The molecule has 1 aliphatic heterocycles. The van der Waals surface area contributed by atoms with Crippen LogP contribution in [0, 0.1) is 0 Å². The molecule has 0 bridgehead atoms. The molecule has 5 aromatic rings. The van der Waals surface area contributed by atoms with Gasteiger partial charge in [-0.15, -0.1) is 0 Å². The van der Waals surface area contributed by atoms with Crippen LogP contribution in [0.1, 0.15) is 11.9 Å². The van der Waals surface area contributed by atoms with Crippen LogP contribution in [0.25, 0.3) is 33.3 Å². The number of aromatic nitrogens is 5. The fourth-order valence-electron chi connectivity index (χ4n) is 4.27. The number of hydrogen-bond donors (Lipinski definition) is 4. The summed E-state index contributed by atoms with van der Waals surface area (Å²) in [5, 5.41) is 18.4. The molecule has 6 rings (SSSR count). The third kappa shape index (κ3) is 3.84. The first-order valence-electron chi connectivity index (χ1n) is 11.4. The van der Waals surface area contributed by atoms with Crippen molar-refractivity contribution >= 4 is 34.1 Å². The van der Waals surface area contributed by atoms with E-state index >= 15 is 0 Å². The van der Waals surface area contributed by atoms with Crippen LogP contribution in [0.15, 0.2) is 73.4 Å². The summed E-state index contributed by atoms with van der Waals surface area (Å²) in [6, 6.07) is 13.8. The Bertz CT molecular complexity index is 1580. The largest absolute Gasteiger partial charge is 0.359 e. The van der Waals surface area contributed by atoms with Gasteiger partial charge >= 0.3 is 6.03 Å². The average molecular weight is 478 g/mol. The first-order valence-corrected chi connectivity index (χ1v) is 11.4. The standard InChI is InChI=1S/C26H23N9O/c1-35(2)26(36)30-18-9-16(12-28-14-18)17-10-20-23(33-34-24(20)29-13-17)25-31-21-7-3-6-19(22(21)32-25)15-5-4-8-27-11-15/h3-14,25,31-32H,1-2H3,(H,30,36)(H,29,33,34). The van der Waals surface area contributed by atoms with E-state index in [1.165, 1.54) is 4.90 Å². The van der Waals surface area contributed by atoms with Gasteiger partial charge in [-0.2, -0.15) is 5.10 Å². The van der Waals surface area contributed by atoms with Crippen molar-refractivity contribution in [3.8, 4) is 22.3 Å². The number of urea groups is 1. The van der Waals surface area contributed by atoms with Crippen molar-refractivity contribution in [2.75, 3.05) is 30.0 Å². The molecule has 1 unspecified atom stereocenters. The van der Waals surface area contributed by atoms with Gasteiger partial charge in [-0.25, -0.2) is 9.78 Å². The van der Waals surface area contributed by atoms with Crippen LogP contribution >= 0.6 is 0 Å². The second-order valence-corrected chi connectivity index (χ2v) is 8.71.